The van der Waals surface area contributed by atoms with Gasteiger partial charge in [-0.3, -0.25) is 4.98 Å². The van der Waals surface area contributed by atoms with Gasteiger partial charge in [0.25, 0.3) is 0 Å². The minimum atomic E-state index is 0.604. The van der Waals surface area contributed by atoms with Crippen LogP contribution in [-0.4, -0.2) is 4.98 Å². The monoisotopic (exact) mass is 320 g/mol. The van der Waals surface area contributed by atoms with Crippen LogP contribution in [0.4, 0.5) is 0 Å². The molecule has 0 saturated heterocycles. The molecule has 0 atom stereocenters. The summed E-state index contributed by atoms with van der Waals surface area (Å²) in [5.41, 5.74) is 4.10. The van der Waals surface area contributed by atoms with E-state index in [0.29, 0.717) is 5.56 Å². The second-order valence-corrected chi connectivity index (χ2v) is 6.01. The van der Waals surface area contributed by atoms with Crippen LogP contribution in [0.5, 0.6) is 0 Å². The number of rotatable bonds is 1. The van der Waals surface area contributed by atoms with E-state index in [1.54, 1.807) is 12.3 Å². The van der Waals surface area contributed by atoms with E-state index >= 15 is 0 Å². The van der Waals surface area contributed by atoms with Crippen molar-refractivity contribution in [3.05, 3.63) is 78.5 Å². The van der Waals surface area contributed by atoms with E-state index in [9.17, 15) is 0 Å². The maximum atomic E-state index is 9.11. The molecule has 3 heteroatoms. The predicted molar refractivity (Wildman–Crippen MR) is 99.2 cm³/mol. The molecule has 0 N–H and O–H groups in total. The number of aromatic nitrogens is 1. The number of nitriles is 1. The smallest absolute Gasteiger partial charge is 0.136 e. The van der Waals surface area contributed by atoms with Crippen LogP contribution in [0.2, 0.25) is 0 Å². The molecule has 0 bridgehead atoms. The van der Waals surface area contributed by atoms with Crippen LogP contribution in [0.25, 0.3) is 44.0 Å². The molecule has 5 rings (SSSR count). The molecule has 3 aromatic carbocycles. The van der Waals surface area contributed by atoms with Gasteiger partial charge in [0.15, 0.2) is 0 Å². The van der Waals surface area contributed by atoms with E-state index in [1.807, 2.05) is 36.4 Å². The van der Waals surface area contributed by atoms with Crippen molar-refractivity contribution in [2.24, 2.45) is 0 Å². The number of hydrogen-bond acceptors (Lipinski definition) is 3. The Bertz CT molecular complexity index is 1310. The topological polar surface area (TPSA) is 49.8 Å². The third kappa shape index (κ3) is 2.09. The molecule has 0 aliphatic carbocycles. The van der Waals surface area contributed by atoms with Crippen LogP contribution in [-0.2, 0) is 0 Å². The minimum absolute atomic E-state index is 0.604. The number of benzene rings is 3. The van der Waals surface area contributed by atoms with E-state index in [0.717, 1.165) is 33.2 Å². The summed E-state index contributed by atoms with van der Waals surface area (Å²) < 4.78 is 6.02. The lowest BCUT2D eigenvalue weighted by atomic mass is 10.0. The number of nitrogens with zero attached hydrogens (tertiary/aromatic N) is 2. The van der Waals surface area contributed by atoms with Gasteiger partial charge in [0, 0.05) is 22.5 Å². The highest BCUT2D eigenvalue weighted by Crippen LogP contribution is 2.36. The van der Waals surface area contributed by atoms with Crippen molar-refractivity contribution < 1.29 is 4.42 Å². The zero-order chi connectivity index (χ0) is 16.8. The largest absolute Gasteiger partial charge is 0.456 e. The SMILES string of the molecule is N#Cc1ccnc(-c2ccc3oc4ccc5ccccc5c4c3c2)c1. The summed E-state index contributed by atoms with van der Waals surface area (Å²) in [5.74, 6) is 0. The molecule has 0 aliphatic rings. The van der Waals surface area contributed by atoms with Gasteiger partial charge in [0.05, 0.1) is 17.3 Å². The molecule has 2 aromatic heterocycles. The molecular formula is C22H12N2O. The van der Waals surface area contributed by atoms with Gasteiger partial charge in [-0.2, -0.15) is 5.26 Å². The van der Waals surface area contributed by atoms with Crippen LogP contribution >= 0.6 is 0 Å². The molecule has 116 valence electrons. The Hall–Kier alpha value is -3.64. The highest BCUT2D eigenvalue weighted by atomic mass is 16.3. The first-order valence-corrected chi connectivity index (χ1v) is 8.04. The second-order valence-electron chi connectivity index (χ2n) is 6.01. The van der Waals surface area contributed by atoms with E-state index in [-0.39, 0.29) is 0 Å². The van der Waals surface area contributed by atoms with Crippen LogP contribution in [0.1, 0.15) is 5.56 Å². The molecule has 0 unspecified atom stereocenters. The van der Waals surface area contributed by atoms with Crippen molar-refractivity contribution in [3.63, 3.8) is 0 Å². The lowest BCUT2D eigenvalue weighted by Crippen LogP contribution is -1.84. The zero-order valence-corrected chi connectivity index (χ0v) is 13.2. The molecular weight excluding hydrogens is 308 g/mol. The van der Waals surface area contributed by atoms with Gasteiger partial charge < -0.3 is 4.42 Å². The fourth-order valence-electron chi connectivity index (χ4n) is 3.36. The van der Waals surface area contributed by atoms with Gasteiger partial charge in [-0.05, 0) is 47.2 Å². The average molecular weight is 320 g/mol. The number of furan rings is 1. The number of pyridine rings is 1. The summed E-state index contributed by atoms with van der Waals surface area (Å²) in [6.07, 6.45) is 1.67. The van der Waals surface area contributed by atoms with Crippen molar-refractivity contribution in [3.8, 4) is 17.3 Å². The van der Waals surface area contributed by atoms with Crippen molar-refractivity contribution in [1.29, 1.82) is 5.26 Å². The molecule has 3 nitrogen and oxygen atoms in total. The Morgan fingerprint density at radius 1 is 0.840 bits per heavy atom. The van der Waals surface area contributed by atoms with Crippen molar-refractivity contribution in [1.82, 2.24) is 4.98 Å². The Labute approximate surface area is 143 Å². The number of hydrogen-bond donors (Lipinski definition) is 0. The molecule has 0 amide bonds. The summed E-state index contributed by atoms with van der Waals surface area (Å²) in [6.45, 7) is 0. The Balaban J connectivity index is 1.85. The summed E-state index contributed by atoms with van der Waals surface area (Å²) in [4.78, 5) is 4.41. The fraction of sp³-hybridized carbons (Fsp3) is 0. The normalized spacial score (nSPS) is 11.2. The van der Waals surface area contributed by atoms with E-state index in [4.69, 9.17) is 9.68 Å². The van der Waals surface area contributed by atoms with Gasteiger partial charge in [-0.25, -0.2) is 0 Å². The number of fused-ring (bicyclic) bond motifs is 5. The standard InChI is InChI=1S/C22H12N2O/c23-13-14-9-10-24-19(11-14)16-6-7-20-18(12-16)22-17-4-2-1-3-15(17)5-8-21(22)25-20/h1-12H. The molecule has 25 heavy (non-hydrogen) atoms. The summed E-state index contributed by atoms with van der Waals surface area (Å²) in [5, 5.41) is 13.7. The first-order chi connectivity index (χ1) is 12.3. The summed E-state index contributed by atoms with van der Waals surface area (Å²) in [6, 6.07) is 24.1. The predicted octanol–water partition coefficient (Wildman–Crippen LogP) is 5.67. The van der Waals surface area contributed by atoms with Crippen LogP contribution < -0.4 is 0 Å². The summed E-state index contributed by atoms with van der Waals surface area (Å²) in [7, 11) is 0. The van der Waals surface area contributed by atoms with Gasteiger partial charge in [-0.1, -0.05) is 30.3 Å². The van der Waals surface area contributed by atoms with Crippen LogP contribution in [0.15, 0.2) is 77.3 Å². The Morgan fingerprint density at radius 3 is 2.64 bits per heavy atom. The van der Waals surface area contributed by atoms with Gasteiger partial charge in [-0.15, -0.1) is 0 Å². The Morgan fingerprint density at radius 2 is 1.72 bits per heavy atom. The van der Waals surface area contributed by atoms with Crippen LogP contribution in [0, 0.1) is 11.3 Å². The first-order valence-electron chi connectivity index (χ1n) is 8.04. The quantitative estimate of drug-likeness (QED) is 0.399. The van der Waals surface area contributed by atoms with E-state index < -0.39 is 0 Å². The van der Waals surface area contributed by atoms with Crippen molar-refractivity contribution in [2.75, 3.05) is 0 Å². The van der Waals surface area contributed by atoms with E-state index in [1.165, 1.54) is 10.8 Å². The third-order valence-corrected chi connectivity index (χ3v) is 4.54. The molecule has 2 heterocycles. The molecule has 0 saturated carbocycles. The maximum Gasteiger partial charge on any atom is 0.136 e. The lowest BCUT2D eigenvalue weighted by Gasteiger charge is -2.02. The molecule has 0 spiro atoms. The second kappa shape index (κ2) is 5.19. The molecule has 0 radical (unpaired) electrons. The molecule has 0 fully saturated rings. The van der Waals surface area contributed by atoms with Crippen LogP contribution in [0.3, 0.4) is 0 Å². The third-order valence-electron chi connectivity index (χ3n) is 4.54. The van der Waals surface area contributed by atoms with Crippen molar-refractivity contribution >= 4 is 32.7 Å². The lowest BCUT2D eigenvalue weighted by molar-refractivity contribution is 0.669. The van der Waals surface area contributed by atoms with Gasteiger partial charge in [0.1, 0.15) is 11.2 Å². The molecule has 0 aliphatic heterocycles. The highest BCUT2D eigenvalue weighted by Gasteiger charge is 2.12. The van der Waals surface area contributed by atoms with Gasteiger partial charge >= 0.3 is 0 Å². The Kier molecular flexibility index (Phi) is 2.86. The maximum absolute atomic E-state index is 9.11. The summed E-state index contributed by atoms with van der Waals surface area (Å²) >= 11 is 0. The van der Waals surface area contributed by atoms with Crippen molar-refractivity contribution in [2.45, 2.75) is 0 Å². The minimum Gasteiger partial charge on any atom is -0.456 e. The van der Waals surface area contributed by atoms with E-state index in [2.05, 4.69) is 35.3 Å². The van der Waals surface area contributed by atoms with Gasteiger partial charge in [0.2, 0.25) is 0 Å². The average Bonchev–Trinajstić information content (AvgIpc) is 3.06. The fourth-order valence-corrected chi connectivity index (χ4v) is 3.36. The first kappa shape index (κ1) is 13.8. The highest BCUT2D eigenvalue weighted by molar-refractivity contribution is 6.19. The zero-order valence-electron chi connectivity index (χ0n) is 13.2. The molecule has 5 aromatic rings.